The lowest BCUT2D eigenvalue weighted by Crippen LogP contribution is -2.43. The third-order valence-corrected chi connectivity index (χ3v) is 5.64. The lowest BCUT2D eigenvalue weighted by Gasteiger charge is -2.26. The number of carbonyl (C=O) groups is 1. The number of halogens is 3. The third-order valence-electron chi connectivity index (χ3n) is 5.64. The van der Waals surface area contributed by atoms with Crippen LogP contribution in [0, 0.1) is 12.7 Å². The molecule has 0 aliphatic rings. The van der Waals surface area contributed by atoms with Crippen molar-refractivity contribution in [2.24, 2.45) is 0 Å². The number of pyridine rings is 2. The standard InChI is InChI=1S/C26H23F3N6O3/c1-14-11-16(12-18(32-14)23(28)29)21-22(15-6-8-17(27)9-7-15)33-26(30)34-24(21)38-13-19(25(36)37)35(2)20-5-3-4-10-31-20/h3-12,19,23H,13H2,1-2H3,(H,36,37)(H2,30,33,34)/t19-/m1/s1. The number of ether oxygens (including phenoxy) is 1. The molecule has 0 aliphatic carbocycles. The second-order valence-electron chi connectivity index (χ2n) is 8.30. The van der Waals surface area contributed by atoms with Gasteiger partial charge in [-0.15, -0.1) is 0 Å². The number of carboxylic acid groups (broad SMARTS) is 1. The van der Waals surface area contributed by atoms with E-state index in [2.05, 4.69) is 19.9 Å². The average Bonchev–Trinajstić information content (AvgIpc) is 2.88. The van der Waals surface area contributed by atoms with Crippen LogP contribution in [-0.4, -0.2) is 50.7 Å². The molecular formula is C26H23F3N6O3. The first-order valence-electron chi connectivity index (χ1n) is 11.3. The number of rotatable bonds is 9. The molecule has 0 unspecified atom stereocenters. The zero-order chi connectivity index (χ0) is 27.4. The highest BCUT2D eigenvalue weighted by Crippen LogP contribution is 2.39. The van der Waals surface area contributed by atoms with Gasteiger partial charge in [0.25, 0.3) is 6.43 Å². The Bertz CT molecular complexity index is 1440. The summed E-state index contributed by atoms with van der Waals surface area (Å²) in [4.78, 5) is 30.0. The number of nitrogen functional groups attached to an aromatic ring is 1. The van der Waals surface area contributed by atoms with Gasteiger partial charge in [0.2, 0.25) is 11.8 Å². The van der Waals surface area contributed by atoms with Gasteiger partial charge >= 0.3 is 5.97 Å². The molecule has 0 saturated heterocycles. The van der Waals surface area contributed by atoms with Crippen molar-refractivity contribution in [3.05, 3.63) is 78.0 Å². The molecule has 38 heavy (non-hydrogen) atoms. The number of anilines is 2. The predicted molar refractivity (Wildman–Crippen MR) is 134 cm³/mol. The van der Waals surface area contributed by atoms with Crippen molar-refractivity contribution in [2.75, 3.05) is 24.3 Å². The number of benzene rings is 1. The number of aryl methyl sites for hydroxylation is 1. The molecule has 3 heterocycles. The van der Waals surface area contributed by atoms with E-state index in [0.717, 1.165) is 0 Å². The molecule has 0 amide bonds. The minimum Gasteiger partial charge on any atom is -0.480 e. The van der Waals surface area contributed by atoms with Crippen molar-refractivity contribution in [3.8, 4) is 28.3 Å². The SMILES string of the molecule is Cc1cc(-c2c(OC[C@H](C(=O)O)N(C)c3ccccn3)nc(N)nc2-c2ccc(F)cc2)cc(C(F)F)n1. The van der Waals surface area contributed by atoms with E-state index in [-0.39, 0.29) is 28.6 Å². The molecule has 0 fully saturated rings. The number of aliphatic carboxylic acids is 1. The first-order valence-corrected chi connectivity index (χ1v) is 11.3. The van der Waals surface area contributed by atoms with Crippen LogP contribution in [0.2, 0.25) is 0 Å². The fourth-order valence-electron chi connectivity index (χ4n) is 3.82. The maximum absolute atomic E-state index is 13.6. The molecule has 0 saturated carbocycles. The summed E-state index contributed by atoms with van der Waals surface area (Å²) >= 11 is 0. The lowest BCUT2D eigenvalue weighted by molar-refractivity contribution is -0.139. The number of nitrogens with zero attached hydrogens (tertiary/aromatic N) is 5. The zero-order valence-corrected chi connectivity index (χ0v) is 20.3. The number of hydrogen-bond donors (Lipinski definition) is 2. The van der Waals surface area contributed by atoms with Gasteiger partial charge in [-0.25, -0.2) is 27.9 Å². The Balaban J connectivity index is 1.83. The summed E-state index contributed by atoms with van der Waals surface area (Å²) in [5.41, 5.74) is 6.77. The number of nitrogens with two attached hydrogens (primary N) is 1. The molecule has 4 aromatic rings. The molecule has 196 valence electrons. The van der Waals surface area contributed by atoms with Crippen LogP contribution in [-0.2, 0) is 4.79 Å². The summed E-state index contributed by atoms with van der Waals surface area (Å²) in [6.07, 6.45) is -1.33. The van der Waals surface area contributed by atoms with Crippen LogP contribution in [0.4, 0.5) is 24.9 Å². The van der Waals surface area contributed by atoms with E-state index in [0.29, 0.717) is 17.1 Å². The van der Waals surface area contributed by atoms with Crippen molar-refractivity contribution in [2.45, 2.75) is 19.4 Å². The Morgan fingerprint density at radius 1 is 1.08 bits per heavy atom. The number of carboxylic acids is 1. The summed E-state index contributed by atoms with van der Waals surface area (Å²) in [5, 5.41) is 9.88. The van der Waals surface area contributed by atoms with Gasteiger partial charge in [0, 0.05) is 24.5 Å². The summed E-state index contributed by atoms with van der Waals surface area (Å²) in [7, 11) is 1.55. The number of hydrogen-bond acceptors (Lipinski definition) is 8. The molecule has 0 spiro atoms. The van der Waals surface area contributed by atoms with E-state index >= 15 is 0 Å². The Hall–Kier alpha value is -4.74. The molecule has 12 heteroatoms. The monoisotopic (exact) mass is 524 g/mol. The van der Waals surface area contributed by atoms with Gasteiger partial charge in [0.05, 0.1) is 11.3 Å². The van der Waals surface area contributed by atoms with E-state index in [4.69, 9.17) is 10.5 Å². The maximum atomic E-state index is 13.6. The molecule has 3 aromatic heterocycles. The van der Waals surface area contributed by atoms with Crippen LogP contribution in [0.3, 0.4) is 0 Å². The maximum Gasteiger partial charge on any atom is 0.329 e. The predicted octanol–water partition coefficient (Wildman–Crippen LogP) is 4.54. The lowest BCUT2D eigenvalue weighted by atomic mass is 9.99. The Kier molecular flexibility index (Phi) is 7.70. The first kappa shape index (κ1) is 26.3. The average molecular weight is 525 g/mol. The zero-order valence-electron chi connectivity index (χ0n) is 20.3. The smallest absolute Gasteiger partial charge is 0.329 e. The second-order valence-corrected chi connectivity index (χ2v) is 8.30. The topological polar surface area (TPSA) is 127 Å². The summed E-state index contributed by atoms with van der Waals surface area (Å²) < 4.78 is 46.8. The van der Waals surface area contributed by atoms with Gasteiger partial charge in [0.1, 0.15) is 23.9 Å². The number of likely N-dealkylation sites (N-methyl/N-ethyl adjacent to an activating group) is 1. The Morgan fingerprint density at radius 3 is 2.45 bits per heavy atom. The molecule has 0 aliphatic heterocycles. The molecule has 0 radical (unpaired) electrons. The molecule has 4 rings (SSSR count). The highest BCUT2D eigenvalue weighted by molar-refractivity contribution is 5.85. The van der Waals surface area contributed by atoms with Crippen LogP contribution < -0.4 is 15.4 Å². The first-order chi connectivity index (χ1) is 18.1. The van der Waals surface area contributed by atoms with Crippen LogP contribution in [0.5, 0.6) is 5.88 Å². The highest BCUT2D eigenvalue weighted by atomic mass is 19.3. The Labute approximate surface area is 215 Å². The fourth-order valence-corrected chi connectivity index (χ4v) is 3.82. The van der Waals surface area contributed by atoms with Gasteiger partial charge in [-0.05, 0) is 61.0 Å². The molecule has 3 N–H and O–H groups in total. The van der Waals surface area contributed by atoms with E-state index in [9.17, 15) is 23.1 Å². The van der Waals surface area contributed by atoms with Gasteiger partial charge in [-0.3, -0.25) is 4.98 Å². The van der Waals surface area contributed by atoms with Crippen molar-refractivity contribution in [1.29, 1.82) is 0 Å². The second kappa shape index (κ2) is 11.1. The number of aromatic nitrogens is 4. The van der Waals surface area contributed by atoms with Crippen LogP contribution in [0.25, 0.3) is 22.4 Å². The van der Waals surface area contributed by atoms with Crippen molar-refractivity contribution >= 4 is 17.7 Å². The van der Waals surface area contributed by atoms with Gasteiger partial charge in [-0.2, -0.15) is 4.98 Å². The summed E-state index contributed by atoms with van der Waals surface area (Å²) in [6, 6.07) is 11.9. The third kappa shape index (κ3) is 5.80. The minimum atomic E-state index is -2.86. The van der Waals surface area contributed by atoms with Gasteiger partial charge in [0.15, 0.2) is 6.04 Å². The summed E-state index contributed by atoms with van der Waals surface area (Å²) in [6.45, 7) is 1.15. The minimum absolute atomic E-state index is 0.136. The normalized spacial score (nSPS) is 11.8. The summed E-state index contributed by atoms with van der Waals surface area (Å²) in [5.74, 6) is -1.64. The fraction of sp³-hybridized carbons (Fsp3) is 0.192. The van der Waals surface area contributed by atoms with Crippen LogP contribution >= 0.6 is 0 Å². The van der Waals surface area contributed by atoms with Gasteiger partial charge in [-0.1, -0.05) is 6.07 Å². The number of alkyl halides is 2. The van der Waals surface area contributed by atoms with Crippen molar-refractivity contribution < 1.29 is 27.8 Å². The van der Waals surface area contributed by atoms with E-state index in [1.54, 1.807) is 32.2 Å². The van der Waals surface area contributed by atoms with Crippen molar-refractivity contribution in [1.82, 2.24) is 19.9 Å². The molecule has 0 bridgehead atoms. The molecular weight excluding hydrogens is 501 g/mol. The van der Waals surface area contributed by atoms with E-state index in [1.165, 1.54) is 47.5 Å². The quantitative estimate of drug-likeness (QED) is 0.324. The largest absolute Gasteiger partial charge is 0.480 e. The van der Waals surface area contributed by atoms with Crippen LogP contribution in [0.1, 0.15) is 17.8 Å². The highest BCUT2D eigenvalue weighted by Gasteiger charge is 2.27. The molecule has 1 aromatic carbocycles. The van der Waals surface area contributed by atoms with E-state index < -0.39 is 36.6 Å². The molecule has 1 atom stereocenters. The molecule has 9 nitrogen and oxygen atoms in total. The Morgan fingerprint density at radius 2 is 1.82 bits per heavy atom. The van der Waals surface area contributed by atoms with E-state index in [1.807, 2.05) is 0 Å². The van der Waals surface area contributed by atoms with Gasteiger partial charge < -0.3 is 20.5 Å². The van der Waals surface area contributed by atoms with Crippen molar-refractivity contribution in [3.63, 3.8) is 0 Å². The van der Waals surface area contributed by atoms with Crippen LogP contribution in [0.15, 0.2) is 60.8 Å².